The summed E-state index contributed by atoms with van der Waals surface area (Å²) in [6.07, 6.45) is 1.52. The van der Waals surface area contributed by atoms with Crippen LogP contribution in [0.2, 0.25) is 0 Å². The van der Waals surface area contributed by atoms with Gasteiger partial charge in [0.15, 0.2) is 0 Å². The van der Waals surface area contributed by atoms with E-state index in [1.54, 1.807) is 24.3 Å². The molecule has 0 unspecified atom stereocenters. The largest absolute Gasteiger partial charge is 0.492 e. The number of benzene rings is 2. The first-order chi connectivity index (χ1) is 15.7. The van der Waals surface area contributed by atoms with Crippen LogP contribution in [-0.4, -0.2) is 67.4 Å². The van der Waals surface area contributed by atoms with Crippen molar-refractivity contribution in [2.75, 3.05) is 51.9 Å². The van der Waals surface area contributed by atoms with Crippen LogP contribution in [0.15, 0.2) is 60.9 Å². The molecular formula is C24H26N4O4. The summed E-state index contributed by atoms with van der Waals surface area (Å²) < 4.78 is 16.2. The SMILES string of the molecule is COC(=O)c1ccc(Nc2cc(-c3ccccc3OCCN3CCOCC3)ncn2)cc1. The summed E-state index contributed by atoms with van der Waals surface area (Å²) in [5, 5.41) is 3.24. The van der Waals surface area contributed by atoms with Gasteiger partial charge < -0.3 is 19.5 Å². The Morgan fingerprint density at radius 3 is 2.66 bits per heavy atom. The summed E-state index contributed by atoms with van der Waals surface area (Å²) in [6.45, 7) is 4.88. The zero-order chi connectivity index (χ0) is 22.2. The molecule has 4 rings (SSSR count). The van der Waals surface area contributed by atoms with Crippen molar-refractivity contribution < 1.29 is 19.0 Å². The fraction of sp³-hybridized carbons (Fsp3) is 0.292. The Hall–Kier alpha value is -3.49. The highest BCUT2D eigenvalue weighted by Crippen LogP contribution is 2.29. The van der Waals surface area contributed by atoms with Gasteiger partial charge in [-0.2, -0.15) is 0 Å². The maximum Gasteiger partial charge on any atom is 0.337 e. The first-order valence-corrected chi connectivity index (χ1v) is 10.5. The fourth-order valence-electron chi connectivity index (χ4n) is 3.44. The number of hydrogen-bond acceptors (Lipinski definition) is 8. The lowest BCUT2D eigenvalue weighted by Crippen LogP contribution is -2.38. The van der Waals surface area contributed by atoms with Crippen molar-refractivity contribution in [3.8, 4) is 17.0 Å². The Labute approximate surface area is 187 Å². The van der Waals surface area contributed by atoms with E-state index in [2.05, 4.69) is 20.2 Å². The molecule has 3 aromatic rings. The molecule has 8 nitrogen and oxygen atoms in total. The van der Waals surface area contributed by atoms with Crippen LogP contribution < -0.4 is 10.1 Å². The van der Waals surface area contributed by atoms with Crippen LogP contribution in [0.25, 0.3) is 11.3 Å². The molecule has 1 saturated heterocycles. The Morgan fingerprint density at radius 2 is 1.88 bits per heavy atom. The molecule has 0 atom stereocenters. The summed E-state index contributed by atoms with van der Waals surface area (Å²) in [5.41, 5.74) is 2.96. The first kappa shape index (κ1) is 21.7. The smallest absolute Gasteiger partial charge is 0.337 e. The third-order valence-electron chi connectivity index (χ3n) is 5.18. The highest BCUT2D eigenvalue weighted by atomic mass is 16.5. The number of carbonyl (C=O) groups is 1. The van der Waals surface area contributed by atoms with E-state index in [1.165, 1.54) is 13.4 Å². The lowest BCUT2D eigenvalue weighted by atomic mass is 10.1. The number of para-hydroxylation sites is 1. The van der Waals surface area contributed by atoms with Gasteiger partial charge in [0, 0.05) is 37.0 Å². The molecule has 1 fully saturated rings. The zero-order valence-corrected chi connectivity index (χ0v) is 18.0. The van der Waals surface area contributed by atoms with Gasteiger partial charge in [-0.3, -0.25) is 4.90 Å². The maximum atomic E-state index is 11.6. The van der Waals surface area contributed by atoms with Crippen LogP contribution in [0, 0.1) is 0 Å². The van der Waals surface area contributed by atoms with Gasteiger partial charge in [-0.25, -0.2) is 14.8 Å². The van der Waals surface area contributed by atoms with E-state index in [0.29, 0.717) is 18.0 Å². The number of ether oxygens (including phenoxy) is 3. The highest BCUT2D eigenvalue weighted by Gasteiger charge is 2.12. The van der Waals surface area contributed by atoms with Crippen LogP contribution >= 0.6 is 0 Å². The molecule has 0 amide bonds. The number of methoxy groups -OCH3 is 1. The average molecular weight is 434 g/mol. The van der Waals surface area contributed by atoms with E-state index in [4.69, 9.17) is 14.2 Å². The van der Waals surface area contributed by atoms with Gasteiger partial charge in [-0.15, -0.1) is 0 Å². The lowest BCUT2D eigenvalue weighted by Gasteiger charge is -2.26. The number of carbonyl (C=O) groups excluding carboxylic acids is 1. The zero-order valence-electron chi connectivity index (χ0n) is 18.0. The number of nitrogens with zero attached hydrogens (tertiary/aromatic N) is 3. The van der Waals surface area contributed by atoms with Crippen LogP contribution in [0.5, 0.6) is 5.75 Å². The second-order valence-electron chi connectivity index (χ2n) is 7.28. The normalized spacial score (nSPS) is 14.0. The summed E-state index contributed by atoms with van der Waals surface area (Å²) >= 11 is 0. The van der Waals surface area contributed by atoms with Crippen LogP contribution in [-0.2, 0) is 9.47 Å². The number of esters is 1. The minimum Gasteiger partial charge on any atom is -0.492 e. The Morgan fingerprint density at radius 1 is 1.09 bits per heavy atom. The quantitative estimate of drug-likeness (QED) is 0.540. The van der Waals surface area contributed by atoms with Crippen molar-refractivity contribution in [3.63, 3.8) is 0 Å². The van der Waals surface area contributed by atoms with Crippen molar-refractivity contribution in [2.45, 2.75) is 0 Å². The second kappa shape index (κ2) is 10.7. The lowest BCUT2D eigenvalue weighted by molar-refractivity contribution is 0.0323. The van der Waals surface area contributed by atoms with Gasteiger partial charge in [-0.1, -0.05) is 12.1 Å². The molecule has 8 heteroatoms. The van der Waals surface area contributed by atoms with Gasteiger partial charge >= 0.3 is 5.97 Å². The molecule has 166 valence electrons. The summed E-state index contributed by atoms with van der Waals surface area (Å²) in [5.74, 6) is 1.06. The fourth-order valence-corrected chi connectivity index (χ4v) is 3.44. The second-order valence-corrected chi connectivity index (χ2v) is 7.28. The molecular weight excluding hydrogens is 408 g/mol. The third-order valence-corrected chi connectivity index (χ3v) is 5.18. The molecule has 2 aromatic carbocycles. The summed E-state index contributed by atoms with van der Waals surface area (Å²) in [7, 11) is 1.36. The molecule has 0 radical (unpaired) electrons. The van der Waals surface area contributed by atoms with Crippen molar-refractivity contribution in [1.29, 1.82) is 0 Å². The van der Waals surface area contributed by atoms with Gasteiger partial charge in [0.1, 0.15) is 24.5 Å². The van der Waals surface area contributed by atoms with E-state index >= 15 is 0 Å². The Bertz CT molecular complexity index is 1040. The number of nitrogens with one attached hydrogen (secondary N) is 1. The van der Waals surface area contributed by atoms with E-state index < -0.39 is 0 Å². The molecule has 0 bridgehead atoms. The molecule has 1 N–H and O–H groups in total. The minimum absolute atomic E-state index is 0.369. The molecule has 1 aliphatic rings. The maximum absolute atomic E-state index is 11.6. The van der Waals surface area contributed by atoms with E-state index in [9.17, 15) is 4.79 Å². The number of morpholine rings is 1. The van der Waals surface area contributed by atoms with Crippen molar-refractivity contribution in [2.24, 2.45) is 0 Å². The summed E-state index contributed by atoms with van der Waals surface area (Å²) in [4.78, 5) is 22.7. The average Bonchev–Trinajstić information content (AvgIpc) is 2.85. The molecule has 0 saturated carbocycles. The minimum atomic E-state index is -0.369. The molecule has 0 spiro atoms. The third kappa shape index (κ3) is 5.60. The van der Waals surface area contributed by atoms with Crippen molar-refractivity contribution in [1.82, 2.24) is 14.9 Å². The molecule has 1 aliphatic heterocycles. The standard InChI is InChI=1S/C24H26N4O4/c1-30-24(29)18-6-8-19(9-7-18)27-23-16-21(25-17-26-23)20-4-2-3-5-22(20)32-15-12-28-10-13-31-14-11-28/h2-9,16-17H,10-15H2,1H3,(H,25,26,27). The predicted molar refractivity (Wildman–Crippen MR) is 121 cm³/mol. The monoisotopic (exact) mass is 434 g/mol. The topological polar surface area (TPSA) is 85.8 Å². The van der Waals surface area contributed by atoms with Crippen molar-refractivity contribution >= 4 is 17.5 Å². The Kier molecular flexibility index (Phi) is 7.27. The summed E-state index contributed by atoms with van der Waals surface area (Å²) in [6, 6.07) is 16.7. The number of aromatic nitrogens is 2. The van der Waals surface area contributed by atoms with Crippen LogP contribution in [0.1, 0.15) is 10.4 Å². The predicted octanol–water partition coefficient (Wildman–Crippen LogP) is 3.38. The number of anilines is 2. The van der Waals surface area contributed by atoms with Gasteiger partial charge in [-0.05, 0) is 36.4 Å². The van der Waals surface area contributed by atoms with E-state index in [0.717, 1.165) is 55.5 Å². The number of rotatable bonds is 8. The van der Waals surface area contributed by atoms with E-state index in [-0.39, 0.29) is 5.97 Å². The van der Waals surface area contributed by atoms with Crippen molar-refractivity contribution in [3.05, 3.63) is 66.5 Å². The van der Waals surface area contributed by atoms with Gasteiger partial charge in [0.05, 0.1) is 31.6 Å². The van der Waals surface area contributed by atoms with Crippen LogP contribution in [0.3, 0.4) is 0 Å². The van der Waals surface area contributed by atoms with Crippen LogP contribution in [0.4, 0.5) is 11.5 Å². The Balaban J connectivity index is 1.44. The molecule has 0 aliphatic carbocycles. The molecule has 32 heavy (non-hydrogen) atoms. The molecule has 2 heterocycles. The van der Waals surface area contributed by atoms with Gasteiger partial charge in [0.25, 0.3) is 0 Å². The number of hydrogen-bond donors (Lipinski definition) is 1. The highest BCUT2D eigenvalue weighted by molar-refractivity contribution is 5.89. The first-order valence-electron chi connectivity index (χ1n) is 10.5. The van der Waals surface area contributed by atoms with E-state index in [1.807, 2.05) is 30.3 Å². The van der Waals surface area contributed by atoms with Gasteiger partial charge in [0.2, 0.25) is 0 Å². The molecule has 1 aromatic heterocycles.